The van der Waals surface area contributed by atoms with Gasteiger partial charge >= 0.3 is 0 Å². The van der Waals surface area contributed by atoms with E-state index < -0.39 is 31.0 Å². The van der Waals surface area contributed by atoms with Gasteiger partial charge in [-0.05, 0) is 19.4 Å². The smallest absolute Gasteiger partial charge is 0.114 e. The van der Waals surface area contributed by atoms with Crippen LogP contribution in [0.15, 0.2) is 10.9 Å². The summed E-state index contributed by atoms with van der Waals surface area (Å²) in [4.78, 5) is 6.34. The summed E-state index contributed by atoms with van der Waals surface area (Å²) in [6, 6.07) is 0. The highest BCUT2D eigenvalue weighted by atomic mass is 32.1. The zero-order valence-corrected chi connectivity index (χ0v) is 14.6. The van der Waals surface area contributed by atoms with Crippen LogP contribution in [0.1, 0.15) is 31.4 Å². The summed E-state index contributed by atoms with van der Waals surface area (Å²) in [5, 5.41) is 41.8. The number of aromatic nitrogens is 1. The number of β-amino-alcohol motifs (C(OH)–C–C–N with tert-alkyl or cyclic N) is 1. The molecule has 4 N–H and O–H groups in total. The zero-order valence-electron chi connectivity index (χ0n) is 13.8. The molecule has 1 aliphatic rings. The first-order valence-electron chi connectivity index (χ1n) is 8.48. The number of hydrogen-bond acceptors (Lipinski definition) is 8. The Balaban J connectivity index is 2.04. The summed E-state index contributed by atoms with van der Waals surface area (Å²) >= 11 is 1.53. The highest BCUT2D eigenvalue weighted by molar-refractivity contribution is 7.07. The molecule has 1 saturated heterocycles. The van der Waals surface area contributed by atoms with E-state index in [0.717, 1.165) is 37.9 Å². The Morgan fingerprint density at radius 3 is 2.79 bits per heavy atom. The van der Waals surface area contributed by atoms with Crippen LogP contribution < -0.4 is 0 Å². The first kappa shape index (κ1) is 19.7. The largest absolute Gasteiger partial charge is 0.394 e. The third-order valence-corrected chi connectivity index (χ3v) is 4.93. The number of hydrogen-bond donors (Lipinski definition) is 4. The van der Waals surface area contributed by atoms with E-state index in [0.29, 0.717) is 13.2 Å². The second kappa shape index (κ2) is 10.4. The maximum atomic E-state index is 10.4. The van der Waals surface area contributed by atoms with Crippen molar-refractivity contribution in [2.24, 2.45) is 0 Å². The number of aliphatic hydroxyl groups excluding tert-OH is 4. The van der Waals surface area contributed by atoms with Crippen LogP contribution in [0.4, 0.5) is 0 Å². The van der Waals surface area contributed by atoms with E-state index in [2.05, 4.69) is 9.88 Å². The molecule has 4 atom stereocenters. The van der Waals surface area contributed by atoms with Gasteiger partial charge in [-0.25, -0.2) is 4.98 Å². The predicted octanol–water partition coefficient (Wildman–Crippen LogP) is -0.0207. The molecular formula is C16H28N2O5S. The second-order valence-corrected chi connectivity index (χ2v) is 6.99. The number of nitrogens with zero attached hydrogens (tertiary/aromatic N) is 2. The SMILES string of the molecule is OC[C@@H](O)[C@H]1OCCCCCCN(Cc2cscn2)C[C@@H](O)[C@H]1O. The summed E-state index contributed by atoms with van der Waals surface area (Å²) < 4.78 is 5.54. The predicted molar refractivity (Wildman–Crippen MR) is 90.7 cm³/mol. The van der Waals surface area contributed by atoms with Gasteiger partial charge in [-0.3, -0.25) is 4.90 Å². The molecule has 0 aromatic carbocycles. The van der Waals surface area contributed by atoms with Crippen molar-refractivity contribution in [3.05, 3.63) is 16.6 Å². The van der Waals surface area contributed by atoms with E-state index in [4.69, 9.17) is 9.84 Å². The fourth-order valence-electron chi connectivity index (χ4n) is 2.92. The van der Waals surface area contributed by atoms with Crippen molar-refractivity contribution in [2.75, 3.05) is 26.3 Å². The van der Waals surface area contributed by atoms with Gasteiger partial charge < -0.3 is 25.2 Å². The van der Waals surface area contributed by atoms with E-state index in [-0.39, 0.29) is 6.54 Å². The lowest BCUT2D eigenvalue weighted by Crippen LogP contribution is -2.51. The van der Waals surface area contributed by atoms with Crippen LogP contribution in [-0.4, -0.2) is 81.0 Å². The van der Waals surface area contributed by atoms with E-state index in [1.165, 1.54) is 11.3 Å². The summed E-state index contributed by atoms with van der Waals surface area (Å²) in [5.41, 5.74) is 2.72. The third kappa shape index (κ3) is 6.03. The van der Waals surface area contributed by atoms with E-state index >= 15 is 0 Å². The van der Waals surface area contributed by atoms with Crippen molar-refractivity contribution in [3.63, 3.8) is 0 Å². The first-order valence-corrected chi connectivity index (χ1v) is 9.42. The molecule has 138 valence electrons. The fraction of sp³-hybridized carbons (Fsp3) is 0.812. The Labute approximate surface area is 146 Å². The molecule has 8 heteroatoms. The highest BCUT2D eigenvalue weighted by Gasteiger charge is 2.33. The van der Waals surface area contributed by atoms with Crippen molar-refractivity contribution < 1.29 is 25.2 Å². The molecule has 0 bridgehead atoms. The summed E-state index contributed by atoms with van der Waals surface area (Å²) in [7, 11) is 0. The molecule has 2 rings (SSSR count). The molecule has 1 aromatic heterocycles. The molecule has 0 unspecified atom stereocenters. The highest BCUT2D eigenvalue weighted by Crippen LogP contribution is 2.16. The van der Waals surface area contributed by atoms with Gasteiger partial charge in [0, 0.05) is 25.1 Å². The number of thiazole rings is 1. The van der Waals surface area contributed by atoms with E-state index in [9.17, 15) is 15.3 Å². The van der Waals surface area contributed by atoms with Crippen LogP contribution in [-0.2, 0) is 11.3 Å². The fourth-order valence-corrected chi connectivity index (χ4v) is 3.47. The Morgan fingerprint density at radius 1 is 1.29 bits per heavy atom. The van der Waals surface area contributed by atoms with Crippen LogP contribution in [0.25, 0.3) is 0 Å². The zero-order chi connectivity index (χ0) is 17.4. The number of ether oxygens (including phenoxy) is 1. The molecule has 2 heterocycles. The first-order chi connectivity index (χ1) is 11.6. The lowest BCUT2D eigenvalue weighted by molar-refractivity contribution is -0.147. The summed E-state index contributed by atoms with van der Waals surface area (Å²) in [6.45, 7) is 1.57. The van der Waals surface area contributed by atoms with E-state index in [1.54, 1.807) is 5.51 Å². The summed E-state index contributed by atoms with van der Waals surface area (Å²) in [5.74, 6) is 0. The average molecular weight is 360 g/mol. The van der Waals surface area contributed by atoms with Crippen LogP contribution in [0.3, 0.4) is 0 Å². The third-order valence-electron chi connectivity index (χ3n) is 4.29. The minimum atomic E-state index is -1.26. The molecule has 7 nitrogen and oxygen atoms in total. The number of aliphatic hydroxyl groups is 4. The van der Waals surface area contributed by atoms with Crippen LogP contribution in [0.2, 0.25) is 0 Å². The van der Waals surface area contributed by atoms with Crippen molar-refractivity contribution in [1.29, 1.82) is 0 Å². The standard InChI is InChI=1S/C16H28N2O5S/c19-9-14(21)16-15(22)13(20)8-18(7-12-10-24-11-17-12)5-3-1-2-4-6-23-16/h10-11,13-16,19-22H,1-9H2/t13-,14-,15-,16-/m1/s1. The minimum absolute atomic E-state index is 0.261. The lowest BCUT2D eigenvalue weighted by Gasteiger charge is -2.33. The van der Waals surface area contributed by atoms with Crippen molar-refractivity contribution in [2.45, 2.75) is 56.6 Å². The second-order valence-electron chi connectivity index (χ2n) is 6.27. The molecule has 1 aromatic rings. The van der Waals surface area contributed by atoms with Crippen LogP contribution in [0.5, 0.6) is 0 Å². The van der Waals surface area contributed by atoms with E-state index in [1.807, 2.05) is 5.38 Å². The van der Waals surface area contributed by atoms with Gasteiger partial charge in [0.2, 0.25) is 0 Å². The van der Waals surface area contributed by atoms with Crippen LogP contribution >= 0.6 is 11.3 Å². The molecular weight excluding hydrogens is 332 g/mol. The number of rotatable bonds is 4. The quantitative estimate of drug-likeness (QED) is 0.598. The average Bonchev–Trinajstić information content (AvgIpc) is 3.08. The Kier molecular flexibility index (Phi) is 8.54. The molecule has 1 fully saturated rings. The lowest BCUT2D eigenvalue weighted by atomic mass is 10.0. The van der Waals surface area contributed by atoms with Gasteiger partial charge in [-0.15, -0.1) is 11.3 Å². The normalized spacial score (nSPS) is 29.6. The maximum absolute atomic E-state index is 10.4. The molecule has 0 amide bonds. The Morgan fingerprint density at radius 2 is 2.08 bits per heavy atom. The minimum Gasteiger partial charge on any atom is -0.394 e. The molecule has 0 aliphatic carbocycles. The van der Waals surface area contributed by atoms with Gasteiger partial charge in [-0.2, -0.15) is 0 Å². The molecule has 24 heavy (non-hydrogen) atoms. The van der Waals surface area contributed by atoms with Gasteiger partial charge in [0.25, 0.3) is 0 Å². The molecule has 1 aliphatic heterocycles. The van der Waals surface area contributed by atoms with Gasteiger partial charge in [0.1, 0.15) is 18.3 Å². The molecule has 0 saturated carbocycles. The van der Waals surface area contributed by atoms with Crippen molar-refractivity contribution in [1.82, 2.24) is 9.88 Å². The van der Waals surface area contributed by atoms with Gasteiger partial charge in [0.05, 0.1) is 23.9 Å². The monoisotopic (exact) mass is 360 g/mol. The van der Waals surface area contributed by atoms with Gasteiger partial charge in [-0.1, -0.05) is 12.8 Å². The Bertz CT molecular complexity index is 448. The van der Waals surface area contributed by atoms with Gasteiger partial charge in [0.15, 0.2) is 0 Å². The van der Waals surface area contributed by atoms with Crippen LogP contribution in [0, 0.1) is 0 Å². The molecule has 0 spiro atoms. The maximum Gasteiger partial charge on any atom is 0.114 e. The Hall–Kier alpha value is -0.610. The molecule has 0 radical (unpaired) electrons. The van der Waals surface area contributed by atoms with Crippen molar-refractivity contribution >= 4 is 11.3 Å². The topological polar surface area (TPSA) is 106 Å². The summed E-state index contributed by atoms with van der Waals surface area (Å²) in [6.07, 6.45) is -0.651. The van der Waals surface area contributed by atoms with Crippen molar-refractivity contribution in [3.8, 4) is 0 Å².